The molecule has 2 amide bonds. The smallest absolute Gasteiger partial charge is 0.305 e. The number of rotatable bonds is 16. The molecule has 2 unspecified atom stereocenters. The van der Waals surface area contributed by atoms with Crippen molar-refractivity contribution in [2.75, 3.05) is 18.6 Å². The number of aromatic amines is 1. The molecule has 12 heteroatoms. The van der Waals surface area contributed by atoms with Crippen LogP contribution in [0.15, 0.2) is 120 Å². The van der Waals surface area contributed by atoms with E-state index in [1.54, 1.807) is 6.92 Å². The quantitative estimate of drug-likeness (QED) is 0.0970. The second-order valence-corrected chi connectivity index (χ2v) is 18.6. The number of hydrogen-bond acceptors (Lipinski definition) is 7. The Hall–Kier alpha value is -5.14. The van der Waals surface area contributed by atoms with E-state index in [4.69, 9.17) is 9.73 Å². The van der Waals surface area contributed by atoms with Crippen molar-refractivity contribution < 1.29 is 28.2 Å². The fraction of sp³-hybridized carbons (Fsp3) is 0.333. The number of aryl methyl sites for hydroxylation is 2. The normalized spacial score (nSPS) is 18.6. The van der Waals surface area contributed by atoms with Gasteiger partial charge in [-0.15, -0.1) is 0 Å². The Morgan fingerprint density at radius 2 is 1.27 bits per heavy atom. The summed E-state index contributed by atoms with van der Waals surface area (Å²) in [6.45, 7) is 13.8. The molecule has 6 rings (SSSR count). The Balaban J connectivity index is 1.30. The number of methoxy groups -OCH3 is 1. The number of carbonyl (C=O) groups is 3. The highest BCUT2D eigenvalue weighted by atomic mass is 32.2. The molecule has 0 radical (unpaired) electrons. The highest BCUT2D eigenvalue weighted by molar-refractivity contribution is 7.91. The zero-order valence-corrected chi connectivity index (χ0v) is 37.4. The Morgan fingerprint density at radius 3 is 1.85 bits per heavy atom. The third-order valence-corrected chi connectivity index (χ3v) is 14.1. The minimum Gasteiger partial charge on any atom is -0.611 e. The van der Waals surface area contributed by atoms with Gasteiger partial charge in [-0.3, -0.25) is 14.4 Å². The molecule has 60 heavy (non-hydrogen) atoms. The van der Waals surface area contributed by atoms with Crippen molar-refractivity contribution in [1.29, 1.82) is 0 Å². The van der Waals surface area contributed by atoms with Gasteiger partial charge in [0.15, 0.2) is 9.79 Å². The van der Waals surface area contributed by atoms with E-state index < -0.39 is 22.4 Å². The molecule has 2 aromatic carbocycles. The van der Waals surface area contributed by atoms with Gasteiger partial charge in [-0.1, -0.05) is 48.7 Å². The van der Waals surface area contributed by atoms with Crippen LogP contribution in [0.2, 0.25) is 0 Å². The molecule has 0 fully saturated rings. The molecular weight excluding hydrogens is 793 g/mol. The van der Waals surface area contributed by atoms with Gasteiger partial charge >= 0.3 is 5.97 Å². The minimum absolute atomic E-state index is 0.172. The first-order valence-corrected chi connectivity index (χ1v) is 23.0. The third kappa shape index (κ3) is 10.1. The minimum atomic E-state index is -1.24. The van der Waals surface area contributed by atoms with Crippen LogP contribution in [0.4, 0.5) is 0 Å². The highest BCUT2D eigenvalue weighted by Crippen LogP contribution is 2.35. The van der Waals surface area contributed by atoms with E-state index in [0.717, 1.165) is 90.0 Å². The second-order valence-electron chi connectivity index (χ2n) is 15.5. The van der Waals surface area contributed by atoms with Gasteiger partial charge in [0.2, 0.25) is 0 Å². The van der Waals surface area contributed by atoms with Crippen molar-refractivity contribution in [2.45, 2.75) is 96.8 Å². The number of carbonyl (C=O) groups excluding carboxylic acids is 3. The number of nitrogens with one attached hydrogen (secondary N) is 3. The van der Waals surface area contributed by atoms with Crippen LogP contribution in [0.5, 0.6) is 0 Å². The summed E-state index contributed by atoms with van der Waals surface area (Å²) < 4.78 is 31.2. The lowest BCUT2D eigenvalue weighted by atomic mass is 9.98. The van der Waals surface area contributed by atoms with Gasteiger partial charge in [0.1, 0.15) is 11.5 Å². The van der Waals surface area contributed by atoms with E-state index in [2.05, 4.69) is 22.5 Å². The van der Waals surface area contributed by atoms with Crippen molar-refractivity contribution >= 4 is 58.0 Å². The standard InChI is InChI=1S/C48H54N4O6S2/c1-9-10-36-30(4)41(26-45-38(33(7)47(54)52-45)21-23-59(56)34-15-11-28(2)12-16-34)50-43(36)27-44-37(19-20-46(53)58-8)31(5)40(49-44)25-42-32(6)39(48(55)51-42)22-24-60(57)35-17-13-29(3)14-18-35/h11-18,25-27,49H,9-10,19-24H2,1-8H3,(H,51,55)(H,52,54)/b42-25-,43-27-,45-26-. The highest BCUT2D eigenvalue weighted by Gasteiger charge is 2.29. The number of benzene rings is 2. The fourth-order valence-electron chi connectivity index (χ4n) is 7.62. The fourth-order valence-corrected chi connectivity index (χ4v) is 9.75. The van der Waals surface area contributed by atoms with E-state index in [1.807, 2.05) is 101 Å². The van der Waals surface area contributed by atoms with Crippen LogP contribution < -0.4 is 10.6 Å². The van der Waals surface area contributed by atoms with Gasteiger partial charge in [-0.05, 0) is 153 Å². The number of aromatic nitrogens is 1. The zero-order valence-electron chi connectivity index (χ0n) is 35.7. The summed E-state index contributed by atoms with van der Waals surface area (Å²) in [5.41, 5.74) is 13.4. The first-order valence-electron chi connectivity index (χ1n) is 20.3. The molecule has 0 spiro atoms. The van der Waals surface area contributed by atoms with Crippen LogP contribution in [0.25, 0.3) is 12.2 Å². The molecule has 3 aromatic rings. The van der Waals surface area contributed by atoms with Gasteiger partial charge in [-0.25, -0.2) is 4.99 Å². The van der Waals surface area contributed by atoms with Crippen LogP contribution >= 0.6 is 0 Å². The molecule has 1 aromatic heterocycles. The maximum atomic E-state index is 13.2. The number of hydrogen-bond donors (Lipinski definition) is 3. The Labute approximate surface area is 359 Å². The number of allylic oxidation sites excluding steroid dienone is 5. The molecule has 3 aliphatic heterocycles. The van der Waals surface area contributed by atoms with E-state index >= 15 is 0 Å². The molecule has 3 N–H and O–H groups in total. The lowest BCUT2D eigenvalue weighted by Crippen LogP contribution is -2.18. The van der Waals surface area contributed by atoms with Gasteiger partial charge in [-0.2, -0.15) is 0 Å². The number of ether oxygens (including phenoxy) is 1. The van der Waals surface area contributed by atoms with Crippen molar-refractivity contribution in [3.63, 3.8) is 0 Å². The summed E-state index contributed by atoms with van der Waals surface area (Å²) >= 11 is -2.46. The molecule has 314 valence electrons. The Morgan fingerprint density at radius 1 is 0.683 bits per heavy atom. The molecule has 0 saturated carbocycles. The first-order chi connectivity index (χ1) is 28.7. The Bertz CT molecular complexity index is 2410. The summed E-state index contributed by atoms with van der Waals surface area (Å²) in [6, 6.07) is 15.3. The predicted molar refractivity (Wildman–Crippen MR) is 241 cm³/mol. The third-order valence-electron chi connectivity index (χ3n) is 11.4. The Kier molecular flexibility index (Phi) is 14.4. The van der Waals surface area contributed by atoms with Gasteiger partial charge in [0.05, 0.1) is 18.5 Å². The first kappa shape index (κ1) is 44.4. The largest absolute Gasteiger partial charge is 0.611 e. The van der Waals surface area contributed by atoms with Crippen LogP contribution in [-0.4, -0.2) is 56.2 Å². The van der Waals surface area contributed by atoms with Crippen LogP contribution in [-0.2, 0) is 47.9 Å². The van der Waals surface area contributed by atoms with Crippen LogP contribution in [0.1, 0.15) is 93.4 Å². The van der Waals surface area contributed by atoms with E-state index in [1.165, 1.54) is 7.11 Å². The lowest BCUT2D eigenvalue weighted by Gasteiger charge is -2.12. The molecule has 2 atom stereocenters. The molecular formula is C48H54N4O6S2. The van der Waals surface area contributed by atoms with Gasteiger partial charge in [0.25, 0.3) is 11.8 Å². The number of aliphatic imine (C=N–C) groups is 1. The summed E-state index contributed by atoms with van der Waals surface area (Å²) in [4.78, 5) is 48.7. The average molecular weight is 847 g/mol. The molecule has 10 nitrogen and oxygen atoms in total. The molecule has 3 aliphatic rings. The topological polar surface area (TPSA) is 159 Å². The van der Waals surface area contributed by atoms with Crippen LogP contribution in [0.3, 0.4) is 0 Å². The summed E-state index contributed by atoms with van der Waals surface area (Å²) in [5, 5.41) is 6.04. The van der Waals surface area contributed by atoms with Crippen molar-refractivity contribution in [1.82, 2.24) is 15.6 Å². The monoisotopic (exact) mass is 846 g/mol. The second kappa shape index (κ2) is 19.5. The maximum Gasteiger partial charge on any atom is 0.305 e. The van der Waals surface area contributed by atoms with Crippen molar-refractivity contribution in [2.24, 2.45) is 4.99 Å². The number of H-pyrrole nitrogens is 1. The summed E-state index contributed by atoms with van der Waals surface area (Å²) in [6.07, 6.45) is 8.96. The van der Waals surface area contributed by atoms with E-state index in [-0.39, 0.29) is 24.2 Å². The van der Waals surface area contributed by atoms with Crippen molar-refractivity contribution in [3.8, 4) is 0 Å². The SMILES string of the molecule is CCCC1=C(C)C(/C=C2\NC(=O)C(C)=C2CC[S+]([O-])c2ccc(C)cc2)=NC/1=C\c1[nH]c(/C=C2\NC(=O)C(CC[S+]([O-])c3ccc(C)cc3)=C2C)c(C)c1CCC(=O)OC. The van der Waals surface area contributed by atoms with Gasteiger partial charge < -0.3 is 29.5 Å². The van der Waals surface area contributed by atoms with Crippen molar-refractivity contribution in [3.05, 3.63) is 139 Å². The molecule has 4 heterocycles. The van der Waals surface area contributed by atoms with E-state index in [9.17, 15) is 23.5 Å². The molecule has 0 bridgehead atoms. The molecule has 0 aliphatic carbocycles. The number of amides is 2. The summed E-state index contributed by atoms with van der Waals surface area (Å²) in [7, 11) is 1.38. The van der Waals surface area contributed by atoms with E-state index in [0.29, 0.717) is 53.3 Å². The lowest BCUT2D eigenvalue weighted by molar-refractivity contribution is -0.140. The predicted octanol–water partition coefficient (Wildman–Crippen LogP) is 8.47. The molecule has 0 saturated heterocycles. The van der Waals surface area contributed by atoms with Gasteiger partial charge in [0, 0.05) is 53.2 Å². The summed E-state index contributed by atoms with van der Waals surface area (Å²) in [5.74, 6) is 0.0187. The maximum absolute atomic E-state index is 13.2. The average Bonchev–Trinajstić information content (AvgIpc) is 3.87. The van der Waals surface area contributed by atoms with Crippen LogP contribution in [0, 0.1) is 20.8 Å². The number of nitrogens with zero attached hydrogens (tertiary/aromatic N) is 1. The zero-order chi connectivity index (χ0) is 43.2. The number of esters is 1.